The average molecular weight is 375 g/mol. The molecule has 1 fully saturated rings. The maximum absolute atomic E-state index is 12.3. The molecule has 1 heterocycles. The highest BCUT2D eigenvalue weighted by Crippen LogP contribution is 2.28. The van der Waals surface area contributed by atoms with Crippen molar-refractivity contribution < 1.29 is 23.9 Å². The molecule has 0 radical (unpaired) electrons. The van der Waals surface area contributed by atoms with E-state index >= 15 is 0 Å². The van der Waals surface area contributed by atoms with Crippen LogP contribution in [0.3, 0.4) is 0 Å². The molecule has 0 aliphatic carbocycles. The lowest BCUT2D eigenvalue weighted by molar-refractivity contribution is -0.158. The molecule has 2 N–H and O–H groups in total. The topological polar surface area (TPSA) is 93.7 Å². The summed E-state index contributed by atoms with van der Waals surface area (Å²) in [5, 5.41) is 6.04. The Morgan fingerprint density at radius 3 is 2.44 bits per heavy atom. The molecule has 0 aromatic carbocycles. The molecule has 1 rings (SSSR count). The third-order valence-corrected chi connectivity index (χ3v) is 5.28. The second-order valence-corrected chi connectivity index (χ2v) is 8.51. The first-order valence-corrected chi connectivity index (χ1v) is 9.53. The van der Waals surface area contributed by atoms with Crippen LogP contribution in [-0.4, -0.2) is 53.8 Å². The van der Waals surface area contributed by atoms with Gasteiger partial charge in [0, 0.05) is 12.7 Å². The number of esters is 2. The molecule has 1 aliphatic rings. The van der Waals surface area contributed by atoms with Gasteiger partial charge in [-0.3, -0.25) is 14.9 Å². The van der Waals surface area contributed by atoms with Crippen LogP contribution in [0.25, 0.3) is 0 Å². The minimum Gasteiger partial charge on any atom is -0.468 e. The molecular formula is C17H30N2O5S. The van der Waals surface area contributed by atoms with Gasteiger partial charge in [-0.2, -0.15) is 0 Å². The molecule has 1 aliphatic heterocycles. The predicted octanol–water partition coefficient (Wildman–Crippen LogP) is 1.45. The maximum atomic E-state index is 12.3. The summed E-state index contributed by atoms with van der Waals surface area (Å²) >= 11 is 1.67. The maximum Gasteiger partial charge on any atom is 0.329 e. The Bertz CT molecular complexity index is 492. The van der Waals surface area contributed by atoms with Gasteiger partial charge in [0.25, 0.3) is 0 Å². The molecule has 0 bridgehead atoms. The molecule has 1 unspecified atom stereocenters. The molecule has 0 saturated carbocycles. The average Bonchev–Trinajstić information content (AvgIpc) is 2.98. The van der Waals surface area contributed by atoms with Gasteiger partial charge in [-0.1, -0.05) is 6.92 Å². The fourth-order valence-electron chi connectivity index (χ4n) is 2.55. The number of nitrogens with one attached hydrogen (secondary N) is 2. The number of methoxy groups -OCH3 is 1. The standard InChI is InChI=1S/C17H30N2O5S/c1-10(14-19-13(9-25-14)15(21)23-6)7-8-12(18-11(2)20)16(22)24-17(3,4)5/h10,12-14,19H,7-9H2,1-6H3,(H,18,20)/t10-,12-,13-,14?/m0/s1. The van der Waals surface area contributed by atoms with Gasteiger partial charge in [0.15, 0.2) is 0 Å². The first-order chi connectivity index (χ1) is 11.5. The van der Waals surface area contributed by atoms with Gasteiger partial charge in [-0.05, 0) is 39.5 Å². The van der Waals surface area contributed by atoms with Crippen molar-refractivity contribution in [3.05, 3.63) is 0 Å². The largest absolute Gasteiger partial charge is 0.468 e. The lowest BCUT2D eigenvalue weighted by Crippen LogP contribution is -2.44. The lowest BCUT2D eigenvalue weighted by Gasteiger charge is -2.26. The molecule has 144 valence electrons. The van der Waals surface area contributed by atoms with E-state index in [4.69, 9.17) is 9.47 Å². The Morgan fingerprint density at radius 2 is 1.92 bits per heavy atom. The summed E-state index contributed by atoms with van der Waals surface area (Å²) in [6.07, 6.45) is 1.19. The Balaban J connectivity index is 2.56. The third kappa shape index (κ3) is 7.64. The zero-order valence-electron chi connectivity index (χ0n) is 15.9. The van der Waals surface area contributed by atoms with Crippen molar-refractivity contribution in [2.75, 3.05) is 12.9 Å². The fraction of sp³-hybridized carbons (Fsp3) is 0.824. The van der Waals surface area contributed by atoms with Crippen LogP contribution in [0.1, 0.15) is 47.5 Å². The van der Waals surface area contributed by atoms with E-state index in [-0.39, 0.29) is 29.2 Å². The minimum atomic E-state index is -0.665. The van der Waals surface area contributed by atoms with Gasteiger partial charge in [0.2, 0.25) is 5.91 Å². The quantitative estimate of drug-likeness (QED) is 0.652. The van der Waals surface area contributed by atoms with E-state index < -0.39 is 17.6 Å². The van der Waals surface area contributed by atoms with Gasteiger partial charge in [-0.25, -0.2) is 4.79 Å². The van der Waals surface area contributed by atoms with Gasteiger partial charge in [0.05, 0.1) is 12.5 Å². The highest BCUT2D eigenvalue weighted by atomic mass is 32.2. The fourth-order valence-corrected chi connectivity index (χ4v) is 3.91. The van der Waals surface area contributed by atoms with Crippen molar-refractivity contribution >= 4 is 29.6 Å². The number of rotatable bonds is 7. The normalized spacial score (nSPS) is 22.8. The summed E-state index contributed by atoms with van der Waals surface area (Å²) < 4.78 is 10.1. The van der Waals surface area contributed by atoms with Crippen LogP contribution < -0.4 is 10.6 Å². The molecule has 0 aromatic heterocycles. The van der Waals surface area contributed by atoms with Crippen LogP contribution in [0.15, 0.2) is 0 Å². The molecule has 25 heavy (non-hydrogen) atoms. The summed E-state index contributed by atoms with van der Waals surface area (Å²) in [4.78, 5) is 35.3. The van der Waals surface area contributed by atoms with E-state index in [1.165, 1.54) is 14.0 Å². The minimum absolute atomic E-state index is 0.112. The predicted molar refractivity (Wildman–Crippen MR) is 97.0 cm³/mol. The number of carbonyl (C=O) groups excluding carboxylic acids is 3. The van der Waals surface area contributed by atoms with Crippen LogP contribution in [0.4, 0.5) is 0 Å². The number of amides is 1. The van der Waals surface area contributed by atoms with Gasteiger partial charge in [0.1, 0.15) is 17.7 Å². The molecule has 7 nitrogen and oxygen atoms in total. The van der Waals surface area contributed by atoms with E-state index in [1.807, 2.05) is 0 Å². The van der Waals surface area contributed by atoms with E-state index in [1.54, 1.807) is 32.5 Å². The number of hydrogen-bond donors (Lipinski definition) is 2. The van der Waals surface area contributed by atoms with E-state index in [9.17, 15) is 14.4 Å². The second kappa shape index (κ2) is 9.43. The van der Waals surface area contributed by atoms with E-state index in [2.05, 4.69) is 17.6 Å². The zero-order chi connectivity index (χ0) is 19.2. The van der Waals surface area contributed by atoms with Crippen molar-refractivity contribution in [2.24, 2.45) is 5.92 Å². The van der Waals surface area contributed by atoms with E-state index in [0.717, 1.165) is 0 Å². The third-order valence-electron chi connectivity index (χ3n) is 3.79. The summed E-state index contributed by atoms with van der Waals surface area (Å²) in [7, 11) is 1.38. The van der Waals surface area contributed by atoms with Gasteiger partial charge < -0.3 is 14.8 Å². The smallest absolute Gasteiger partial charge is 0.329 e. The SMILES string of the molecule is COC(=O)[C@@H]1CSC([C@@H](C)CC[C@H](NC(C)=O)C(=O)OC(C)(C)C)N1. The Hall–Kier alpha value is -1.28. The van der Waals surface area contributed by atoms with Crippen LogP contribution in [-0.2, 0) is 23.9 Å². The highest BCUT2D eigenvalue weighted by Gasteiger charge is 2.34. The Kier molecular flexibility index (Phi) is 8.21. The van der Waals surface area contributed by atoms with E-state index in [0.29, 0.717) is 18.6 Å². The molecular weight excluding hydrogens is 344 g/mol. The second-order valence-electron chi connectivity index (χ2n) is 7.34. The monoisotopic (exact) mass is 374 g/mol. The summed E-state index contributed by atoms with van der Waals surface area (Å²) in [5.74, 6) is -0.0505. The van der Waals surface area contributed by atoms with Crippen LogP contribution in [0.2, 0.25) is 0 Å². The first kappa shape index (κ1) is 21.8. The van der Waals surface area contributed by atoms with Crippen molar-refractivity contribution in [3.8, 4) is 0 Å². The van der Waals surface area contributed by atoms with Crippen LogP contribution in [0.5, 0.6) is 0 Å². The Labute approximate surface area is 154 Å². The van der Waals surface area contributed by atoms with Crippen molar-refractivity contribution in [1.29, 1.82) is 0 Å². The molecule has 4 atom stereocenters. The lowest BCUT2D eigenvalue weighted by atomic mass is 10.0. The molecule has 0 spiro atoms. The number of thioether (sulfide) groups is 1. The van der Waals surface area contributed by atoms with Gasteiger partial charge in [-0.15, -0.1) is 11.8 Å². The molecule has 0 aromatic rings. The Morgan fingerprint density at radius 1 is 1.28 bits per heavy atom. The van der Waals surface area contributed by atoms with Crippen molar-refractivity contribution in [2.45, 2.75) is 70.5 Å². The number of hydrogen-bond acceptors (Lipinski definition) is 7. The number of carbonyl (C=O) groups is 3. The van der Waals surface area contributed by atoms with Crippen LogP contribution in [0, 0.1) is 5.92 Å². The van der Waals surface area contributed by atoms with Gasteiger partial charge >= 0.3 is 11.9 Å². The van der Waals surface area contributed by atoms with Crippen LogP contribution >= 0.6 is 11.8 Å². The molecule has 8 heteroatoms. The van der Waals surface area contributed by atoms with Crippen molar-refractivity contribution in [3.63, 3.8) is 0 Å². The van der Waals surface area contributed by atoms with Crippen molar-refractivity contribution in [1.82, 2.24) is 10.6 Å². The first-order valence-electron chi connectivity index (χ1n) is 8.49. The molecule has 1 saturated heterocycles. The number of ether oxygens (including phenoxy) is 2. The molecule has 1 amide bonds. The summed E-state index contributed by atoms with van der Waals surface area (Å²) in [6, 6.07) is -0.957. The zero-order valence-corrected chi connectivity index (χ0v) is 16.7. The summed E-state index contributed by atoms with van der Waals surface area (Å²) in [6.45, 7) is 8.83. The highest BCUT2D eigenvalue weighted by molar-refractivity contribution is 8.00. The summed E-state index contributed by atoms with van der Waals surface area (Å²) in [5.41, 5.74) is -0.601.